The number of anilines is 1. The van der Waals surface area contributed by atoms with Gasteiger partial charge in [0.05, 0.1) is 10.7 Å². The molecule has 1 fully saturated rings. The summed E-state index contributed by atoms with van der Waals surface area (Å²) >= 11 is 12.3. The Bertz CT molecular complexity index is 407. The first-order valence-electron chi connectivity index (χ1n) is 6.49. The molecular formula is C14H20Cl2N2. The average Bonchev–Trinajstić information content (AvgIpc) is 2.32. The standard InChI is InChI=1S/C14H20Cl2N2/c1-10(2)7-12-9-18(6-5-17-12)14-8-11(15)3-4-13(14)16/h3-4,8,10,12,17H,5-7,9H2,1-2H3. The molecule has 0 radical (unpaired) electrons. The monoisotopic (exact) mass is 286 g/mol. The van der Waals surface area contributed by atoms with E-state index >= 15 is 0 Å². The molecule has 1 aliphatic rings. The molecule has 18 heavy (non-hydrogen) atoms. The Kier molecular flexibility index (Phi) is 4.77. The van der Waals surface area contributed by atoms with E-state index in [9.17, 15) is 0 Å². The number of nitrogens with one attached hydrogen (secondary N) is 1. The molecule has 0 aliphatic carbocycles. The van der Waals surface area contributed by atoms with Crippen LogP contribution in [0.3, 0.4) is 0 Å². The van der Waals surface area contributed by atoms with Crippen molar-refractivity contribution in [1.29, 1.82) is 0 Å². The first-order chi connectivity index (χ1) is 8.56. The zero-order valence-corrected chi connectivity index (χ0v) is 12.4. The number of halogens is 2. The molecule has 1 unspecified atom stereocenters. The van der Waals surface area contributed by atoms with E-state index in [2.05, 4.69) is 24.1 Å². The van der Waals surface area contributed by atoms with Crippen LogP contribution >= 0.6 is 23.2 Å². The van der Waals surface area contributed by atoms with E-state index in [1.54, 1.807) is 0 Å². The highest BCUT2D eigenvalue weighted by atomic mass is 35.5. The Morgan fingerprint density at radius 3 is 2.89 bits per heavy atom. The van der Waals surface area contributed by atoms with Crippen molar-refractivity contribution in [2.24, 2.45) is 5.92 Å². The predicted octanol–water partition coefficient (Wildman–Crippen LogP) is 3.82. The molecule has 0 bridgehead atoms. The van der Waals surface area contributed by atoms with Crippen LogP contribution in [0.4, 0.5) is 5.69 Å². The van der Waals surface area contributed by atoms with Crippen LogP contribution in [0.15, 0.2) is 18.2 Å². The second kappa shape index (κ2) is 6.14. The minimum absolute atomic E-state index is 0.536. The van der Waals surface area contributed by atoms with Gasteiger partial charge in [-0.05, 0) is 30.5 Å². The molecule has 100 valence electrons. The quantitative estimate of drug-likeness (QED) is 0.909. The summed E-state index contributed by atoms with van der Waals surface area (Å²) < 4.78 is 0. The fraction of sp³-hybridized carbons (Fsp3) is 0.571. The number of rotatable bonds is 3. The second-order valence-corrected chi connectivity index (χ2v) is 6.17. The van der Waals surface area contributed by atoms with E-state index in [-0.39, 0.29) is 0 Å². The third kappa shape index (κ3) is 3.53. The fourth-order valence-electron chi connectivity index (χ4n) is 2.50. The van der Waals surface area contributed by atoms with Gasteiger partial charge in [0.1, 0.15) is 0 Å². The largest absolute Gasteiger partial charge is 0.367 e. The molecule has 1 saturated heterocycles. The highest BCUT2D eigenvalue weighted by molar-refractivity contribution is 6.35. The van der Waals surface area contributed by atoms with E-state index in [0.717, 1.165) is 35.4 Å². The van der Waals surface area contributed by atoms with Gasteiger partial charge in [0.15, 0.2) is 0 Å². The topological polar surface area (TPSA) is 15.3 Å². The summed E-state index contributed by atoms with van der Waals surface area (Å²) in [5.74, 6) is 0.706. The van der Waals surface area contributed by atoms with Crippen molar-refractivity contribution in [2.75, 3.05) is 24.5 Å². The minimum Gasteiger partial charge on any atom is -0.367 e. The van der Waals surface area contributed by atoms with Crippen LogP contribution < -0.4 is 10.2 Å². The van der Waals surface area contributed by atoms with Crippen molar-refractivity contribution < 1.29 is 0 Å². The minimum atomic E-state index is 0.536. The van der Waals surface area contributed by atoms with Gasteiger partial charge >= 0.3 is 0 Å². The van der Waals surface area contributed by atoms with Crippen molar-refractivity contribution in [3.8, 4) is 0 Å². The molecule has 0 saturated carbocycles. The van der Waals surface area contributed by atoms with Gasteiger partial charge in [-0.1, -0.05) is 37.0 Å². The zero-order valence-electron chi connectivity index (χ0n) is 10.9. The van der Waals surface area contributed by atoms with Crippen LogP contribution in [0, 0.1) is 5.92 Å². The van der Waals surface area contributed by atoms with Crippen LogP contribution in [0.25, 0.3) is 0 Å². The lowest BCUT2D eigenvalue weighted by Gasteiger charge is -2.36. The first-order valence-corrected chi connectivity index (χ1v) is 7.25. The summed E-state index contributed by atoms with van der Waals surface area (Å²) in [5, 5.41) is 5.09. The molecule has 1 aromatic carbocycles. The van der Waals surface area contributed by atoms with Gasteiger partial charge in [-0.3, -0.25) is 0 Å². The summed E-state index contributed by atoms with van der Waals surface area (Å²) in [6, 6.07) is 6.20. The summed E-state index contributed by atoms with van der Waals surface area (Å²) in [6.07, 6.45) is 1.19. The Morgan fingerprint density at radius 1 is 1.39 bits per heavy atom. The van der Waals surface area contributed by atoms with Crippen molar-refractivity contribution >= 4 is 28.9 Å². The number of nitrogens with zero attached hydrogens (tertiary/aromatic N) is 1. The number of hydrogen-bond acceptors (Lipinski definition) is 2. The van der Waals surface area contributed by atoms with Crippen molar-refractivity contribution in [3.63, 3.8) is 0 Å². The summed E-state index contributed by atoms with van der Waals surface area (Å²) in [6.45, 7) is 7.49. The lowest BCUT2D eigenvalue weighted by Crippen LogP contribution is -2.51. The highest BCUT2D eigenvalue weighted by Crippen LogP contribution is 2.30. The molecule has 2 nitrogen and oxygen atoms in total. The van der Waals surface area contributed by atoms with Crippen LogP contribution in [-0.4, -0.2) is 25.7 Å². The van der Waals surface area contributed by atoms with Crippen LogP contribution in [-0.2, 0) is 0 Å². The van der Waals surface area contributed by atoms with Gasteiger partial charge in [0.2, 0.25) is 0 Å². The van der Waals surface area contributed by atoms with Crippen molar-refractivity contribution in [1.82, 2.24) is 5.32 Å². The Morgan fingerprint density at radius 2 is 2.17 bits per heavy atom. The van der Waals surface area contributed by atoms with Crippen molar-refractivity contribution in [2.45, 2.75) is 26.3 Å². The number of benzene rings is 1. The van der Waals surface area contributed by atoms with Gasteiger partial charge in [-0.2, -0.15) is 0 Å². The van der Waals surface area contributed by atoms with Gasteiger partial charge in [0, 0.05) is 30.7 Å². The summed E-state index contributed by atoms with van der Waals surface area (Å²) in [7, 11) is 0. The molecule has 1 heterocycles. The third-order valence-corrected chi connectivity index (χ3v) is 3.82. The van der Waals surface area contributed by atoms with Crippen LogP contribution in [0.5, 0.6) is 0 Å². The van der Waals surface area contributed by atoms with E-state index in [1.165, 1.54) is 6.42 Å². The maximum atomic E-state index is 6.26. The molecule has 1 aromatic rings. The number of hydrogen-bond donors (Lipinski definition) is 1. The molecule has 1 atom stereocenters. The van der Waals surface area contributed by atoms with E-state index in [1.807, 2.05) is 18.2 Å². The van der Waals surface area contributed by atoms with Crippen LogP contribution in [0.2, 0.25) is 10.0 Å². The first kappa shape index (κ1) is 14.0. The number of piperazine rings is 1. The Hall–Kier alpha value is -0.440. The average molecular weight is 287 g/mol. The Balaban J connectivity index is 2.10. The maximum absolute atomic E-state index is 6.26. The van der Waals surface area contributed by atoms with E-state index in [4.69, 9.17) is 23.2 Å². The second-order valence-electron chi connectivity index (χ2n) is 5.32. The lowest BCUT2D eigenvalue weighted by atomic mass is 10.0. The van der Waals surface area contributed by atoms with Crippen molar-refractivity contribution in [3.05, 3.63) is 28.2 Å². The van der Waals surface area contributed by atoms with Gasteiger partial charge < -0.3 is 10.2 Å². The molecule has 1 aliphatic heterocycles. The predicted molar refractivity (Wildman–Crippen MR) is 79.9 cm³/mol. The normalized spacial score (nSPS) is 20.5. The lowest BCUT2D eigenvalue weighted by molar-refractivity contribution is 0.388. The zero-order chi connectivity index (χ0) is 13.1. The molecule has 4 heteroatoms. The van der Waals surface area contributed by atoms with Crippen LogP contribution in [0.1, 0.15) is 20.3 Å². The molecule has 0 spiro atoms. The van der Waals surface area contributed by atoms with Gasteiger partial charge in [0.25, 0.3) is 0 Å². The summed E-state index contributed by atoms with van der Waals surface area (Å²) in [4.78, 5) is 2.33. The smallest absolute Gasteiger partial charge is 0.0640 e. The van der Waals surface area contributed by atoms with Gasteiger partial charge in [-0.15, -0.1) is 0 Å². The van der Waals surface area contributed by atoms with E-state index < -0.39 is 0 Å². The van der Waals surface area contributed by atoms with Gasteiger partial charge in [-0.25, -0.2) is 0 Å². The molecule has 1 N–H and O–H groups in total. The fourth-order valence-corrected chi connectivity index (χ4v) is 2.90. The highest BCUT2D eigenvalue weighted by Gasteiger charge is 2.21. The molecule has 0 aromatic heterocycles. The maximum Gasteiger partial charge on any atom is 0.0640 e. The molecular weight excluding hydrogens is 267 g/mol. The summed E-state index contributed by atoms with van der Waals surface area (Å²) in [5.41, 5.74) is 1.06. The molecule has 2 rings (SSSR count). The molecule has 0 amide bonds. The van der Waals surface area contributed by atoms with E-state index in [0.29, 0.717) is 12.0 Å². The SMILES string of the molecule is CC(C)CC1CN(c2cc(Cl)ccc2Cl)CCN1. The third-order valence-electron chi connectivity index (χ3n) is 3.26. The Labute approximate surface area is 119 Å².